The highest BCUT2D eigenvalue weighted by Gasteiger charge is 2.30. The highest BCUT2D eigenvalue weighted by Crippen LogP contribution is 2.31. The monoisotopic (exact) mass is 336 g/mol. The molecule has 0 spiro atoms. The number of anilines is 2. The average Bonchev–Trinajstić information content (AvgIpc) is 2.60. The van der Waals surface area contributed by atoms with Crippen molar-refractivity contribution in [2.24, 2.45) is 5.92 Å². The molecule has 0 aliphatic carbocycles. The van der Waals surface area contributed by atoms with Crippen molar-refractivity contribution in [2.45, 2.75) is 33.1 Å². The Morgan fingerprint density at radius 1 is 1.08 bits per heavy atom. The molecule has 3 rings (SSSR count). The lowest BCUT2D eigenvalue weighted by Gasteiger charge is -2.31. The summed E-state index contributed by atoms with van der Waals surface area (Å²) in [5.74, 6) is 0.0887. The maximum Gasteiger partial charge on any atom is 0.244 e. The van der Waals surface area contributed by atoms with Crippen LogP contribution in [0.15, 0.2) is 48.5 Å². The molecule has 4 nitrogen and oxygen atoms in total. The van der Waals surface area contributed by atoms with Crippen LogP contribution >= 0.6 is 0 Å². The maximum atomic E-state index is 13.0. The van der Waals surface area contributed by atoms with E-state index in [1.165, 1.54) is 5.56 Å². The van der Waals surface area contributed by atoms with Crippen molar-refractivity contribution < 1.29 is 9.59 Å². The zero-order valence-electron chi connectivity index (χ0n) is 15.0. The van der Waals surface area contributed by atoms with Crippen LogP contribution in [0.2, 0.25) is 0 Å². The van der Waals surface area contributed by atoms with Gasteiger partial charge in [0.1, 0.15) is 6.54 Å². The standard InChI is InChI=1S/C21H24N2O2/c1-14(2)12-16-8-10-17(11-9-16)15(3)21(25)23-13-20(24)22-18-6-4-5-7-19(18)23/h4-11,14-15H,12-13H2,1-3H3,(H,22,24). The van der Waals surface area contributed by atoms with Crippen LogP contribution in [0.1, 0.15) is 37.8 Å². The first-order chi connectivity index (χ1) is 12.0. The van der Waals surface area contributed by atoms with E-state index in [4.69, 9.17) is 0 Å². The molecule has 1 atom stereocenters. The van der Waals surface area contributed by atoms with E-state index >= 15 is 0 Å². The minimum absolute atomic E-state index is 0.0566. The van der Waals surface area contributed by atoms with Gasteiger partial charge in [-0.25, -0.2) is 0 Å². The second-order valence-electron chi connectivity index (χ2n) is 7.05. The molecule has 25 heavy (non-hydrogen) atoms. The Labute approximate surface area is 148 Å². The second kappa shape index (κ2) is 7.09. The van der Waals surface area contributed by atoms with Gasteiger partial charge in [-0.05, 0) is 42.5 Å². The number of benzene rings is 2. The van der Waals surface area contributed by atoms with Gasteiger partial charge in [0, 0.05) is 0 Å². The number of carbonyl (C=O) groups is 2. The first-order valence-electron chi connectivity index (χ1n) is 8.75. The van der Waals surface area contributed by atoms with Crippen molar-refractivity contribution in [1.82, 2.24) is 0 Å². The van der Waals surface area contributed by atoms with Crippen LogP contribution in [-0.4, -0.2) is 18.4 Å². The number of para-hydroxylation sites is 2. The molecule has 1 unspecified atom stereocenters. The topological polar surface area (TPSA) is 49.4 Å². The van der Waals surface area contributed by atoms with E-state index in [0.29, 0.717) is 11.6 Å². The fraction of sp³-hybridized carbons (Fsp3) is 0.333. The van der Waals surface area contributed by atoms with E-state index in [0.717, 1.165) is 17.7 Å². The molecule has 4 heteroatoms. The lowest BCUT2D eigenvalue weighted by molar-refractivity contribution is -0.122. The Morgan fingerprint density at radius 2 is 1.76 bits per heavy atom. The first kappa shape index (κ1) is 17.2. The van der Waals surface area contributed by atoms with Crippen LogP contribution in [0, 0.1) is 5.92 Å². The maximum absolute atomic E-state index is 13.0. The molecular weight excluding hydrogens is 312 g/mol. The largest absolute Gasteiger partial charge is 0.323 e. The van der Waals surface area contributed by atoms with Gasteiger partial charge in [-0.1, -0.05) is 50.2 Å². The highest BCUT2D eigenvalue weighted by atomic mass is 16.2. The van der Waals surface area contributed by atoms with Crippen molar-refractivity contribution in [3.63, 3.8) is 0 Å². The number of hydrogen-bond donors (Lipinski definition) is 1. The molecule has 1 heterocycles. The van der Waals surface area contributed by atoms with E-state index in [1.54, 1.807) is 4.90 Å². The third-order valence-electron chi connectivity index (χ3n) is 4.53. The summed E-state index contributed by atoms with van der Waals surface area (Å²) in [5.41, 5.74) is 3.70. The van der Waals surface area contributed by atoms with Gasteiger partial charge < -0.3 is 10.2 Å². The van der Waals surface area contributed by atoms with Crippen molar-refractivity contribution in [2.75, 3.05) is 16.8 Å². The molecule has 0 fully saturated rings. The quantitative estimate of drug-likeness (QED) is 0.918. The van der Waals surface area contributed by atoms with Gasteiger partial charge >= 0.3 is 0 Å². The first-order valence-corrected chi connectivity index (χ1v) is 8.75. The Balaban J connectivity index is 1.82. The number of amides is 2. The Kier molecular flexibility index (Phi) is 4.88. The molecule has 0 bridgehead atoms. The molecule has 0 aromatic heterocycles. The molecule has 2 aromatic carbocycles. The highest BCUT2D eigenvalue weighted by molar-refractivity contribution is 6.11. The summed E-state index contributed by atoms with van der Waals surface area (Å²) in [6, 6.07) is 15.6. The van der Waals surface area contributed by atoms with E-state index in [-0.39, 0.29) is 24.3 Å². The predicted octanol–water partition coefficient (Wildman–Crippen LogP) is 3.97. The number of nitrogens with one attached hydrogen (secondary N) is 1. The molecule has 1 N–H and O–H groups in total. The summed E-state index contributed by atoms with van der Waals surface area (Å²) < 4.78 is 0. The van der Waals surface area contributed by atoms with Crippen molar-refractivity contribution in [1.29, 1.82) is 0 Å². The van der Waals surface area contributed by atoms with Gasteiger partial charge in [-0.2, -0.15) is 0 Å². The van der Waals surface area contributed by atoms with Crippen LogP contribution in [-0.2, 0) is 16.0 Å². The van der Waals surface area contributed by atoms with Crippen LogP contribution < -0.4 is 10.2 Å². The summed E-state index contributed by atoms with van der Waals surface area (Å²) in [4.78, 5) is 26.5. The molecule has 1 aliphatic heterocycles. The third-order valence-corrected chi connectivity index (χ3v) is 4.53. The molecule has 2 aromatic rings. The number of carbonyl (C=O) groups excluding carboxylic acids is 2. The number of rotatable bonds is 4. The van der Waals surface area contributed by atoms with Crippen LogP contribution in [0.5, 0.6) is 0 Å². The molecule has 2 amide bonds. The summed E-state index contributed by atoms with van der Waals surface area (Å²) in [6.45, 7) is 6.35. The zero-order valence-corrected chi connectivity index (χ0v) is 15.0. The van der Waals surface area contributed by atoms with Gasteiger partial charge in [-0.3, -0.25) is 9.59 Å². The van der Waals surface area contributed by atoms with E-state index in [1.807, 2.05) is 43.3 Å². The van der Waals surface area contributed by atoms with Gasteiger partial charge in [-0.15, -0.1) is 0 Å². The van der Waals surface area contributed by atoms with Crippen LogP contribution in [0.3, 0.4) is 0 Å². The van der Waals surface area contributed by atoms with E-state index in [9.17, 15) is 9.59 Å². The Morgan fingerprint density at radius 3 is 2.44 bits per heavy atom. The van der Waals surface area contributed by atoms with Crippen molar-refractivity contribution in [3.05, 3.63) is 59.7 Å². The zero-order chi connectivity index (χ0) is 18.0. The molecule has 0 radical (unpaired) electrons. The fourth-order valence-corrected chi connectivity index (χ4v) is 3.22. The van der Waals surface area contributed by atoms with Gasteiger partial charge in [0.15, 0.2) is 0 Å². The molecule has 0 saturated heterocycles. The Hall–Kier alpha value is -2.62. The lowest BCUT2D eigenvalue weighted by Crippen LogP contribution is -2.43. The summed E-state index contributed by atoms with van der Waals surface area (Å²) >= 11 is 0. The van der Waals surface area contributed by atoms with Crippen LogP contribution in [0.25, 0.3) is 0 Å². The smallest absolute Gasteiger partial charge is 0.244 e. The van der Waals surface area contributed by atoms with Crippen molar-refractivity contribution in [3.8, 4) is 0 Å². The minimum atomic E-state index is -0.299. The van der Waals surface area contributed by atoms with Crippen molar-refractivity contribution >= 4 is 23.2 Å². The number of hydrogen-bond acceptors (Lipinski definition) is 2. The second-order valence-corrected chi connectivity index (χ2v) is 7.05. The van der Waals surface area contributed by atoms with Gasteiger partial charge in [0.05, 0.1) is 17.3 Å². The van der Waals surface area contributed by atoms with Gasteiger partial charge in [0.2, 0.25) is 11.8 Å². The normalized spacial score (nSPS) is 14.9. The average molecular weight is 336 g/mol. The predicted molar refractivity (Wildman–Crippen MR) is 101 cm³/mol. The molecule has 130 valence electrons. The number of fused-ring (bicyclic) bond motifs is 1. The lowest BCUT2D eigenvalue weighted by atomic mass is 9.95. The summed E-state index contributed by atoms with van der Waals surface area (Å²) in [7, 11) is 0. The minimum Gasteiger partial charge on any atom is -0.323 e. The summed E-state index contributed by atoms with van der Waals surface area (Å²) in [6.07, 6.45) is 1.03. The SMILES string of the molecule is CC(C)Cc1ccc(C(C)C(=O)N2CC(=O)Nc3ccccc32)cc1. The van der Waals surface area contributed by atoms with E-state index in [2.05, 4.69) is 31.3 Å². The van der Waals surface area contributed by atoms with Crippen LogP contribution in [0.4, 0.5) is 11.4 Å². The molecular formula is C21H24N2O2. The summed E-state index contributed by atoms with van der Waals surface area (Å²) in [5, 5.41) is 2.82. The molecule has 0 saturated carbocycles. The number of nitrogens with zero attached hydrogens (tertiary/aromatic N) is 1. The fourth-order valence-electron chi connectivity index (χ4n) is 3.22. The van der Waals surface area contributed by atoms with E-state index < -0.39 is 0 Å². The van der Waals surface area contributed by atoms with Gasteiger partial charge in [0.25, 0.3) is 0 Å². The molecule has 1 aliphatic rings. The Bertz CT molecular complexity index is 781. The third kappa shape index (κ3) is 3.73.